The molecule has 150 valence electrons. The van der Waals surface area contributed by atoms with Crippen LogP contribution in [0.1, 0.15) is 20.7 Å². The van der Waals surface area contributed by atoms with Crippen LogP contribution >= 0.6 is 23.5 Å². The maximum Gasteiger partial charge on any atom is 0.172 e. The van der Waals surface area contributed by atoms with Gasteiger partial charge in [0.15, 0.2) is 11.6 Å². The molecule has 8 heteroatoms. The molecule has 0 aliphatic carbocycles. The molecule has 0 spiro atoms. The van der Waals surface area contributed by atoms with Crippen LogP contribution in [0.5, 0.6) is 0 Å². The molecular formula is C20H20F2O4S2. The molecular weight excluding hydrogens is 406 g/mol. The Labute approximate surface area is 170 Å². The monoisotopic (exact) mass is 426 g/mol. The van der Waals surface area contributed by atoms with E-state index in [0.29, 0.717) is 11.1 Å². The van der Waals surface area contributed by atoms with Crippen LogP contribution in [-0.2, 0) is 0 Å². The van der Waals surface area contributed by atoms with E-state index < -0.39 is 23.8 Å². The molecule has 0 radical (unpaired) electrons. The first-order chi connectivity index (χ1) is 13.4. The maximum atomic E-state index is 12.8. The van der Waals surface area contributed by atoms with Crippen LogP contribution in [0.25, 0.3) is 0 Å². The molecule has 0 bridgehead atoms. The van der Waals surface area contributed by atoms with Crippen molar-refractivity contribution in [1.29, 1.82) is 0 Å². The molecule has 0 aromatic heterocycles. The van der Waals surface area contributed by atoms with Crippen molar-refractivity contribution < 1.29 is 28.6 Å². The van der Waals surface area contributed by atoms with Gasteiger partial charge in [-0.3, -0.25) is 9.59 Å². The van der Waals surface area contributed by atoms with Gasteiger partial charge in [0.1, 0.15) is 11.6 Å². The van der Waals surface area contributed by atoms with Crippen LogP contribution < -0.4 is 0 Å². The van der Waals surface area contributed by atoms with Crippen LogP contribution in [0.4, 0.5) is 8.78 Å². The SMILES string of the molecule is O=C(CSC[C@@H](O)[C@@H](O)CSCC(=O)c1ccc(F)cc1)c1ccc(F)cc1. The Morgan fingerprint density at radius 1 is 0.714 bits per heavy atom. The number of rotatable bonds is 11. The van der Waals surface area contributed by atoms with E-state index in [-0.39, 0.29) is 34.6 Å². The van der Waals surface area contributed by atoms with Crippen molar-refractivity contribution >= 4 is 35.1 Å². The molecule has 2 atom stereocenters. The molecule has 4 nitrogen and oxygen atoms in total. The van der Waals surface area contributed by atoms with Gasteiger partial charge < -0.3 is 10.2 Å². The van der Waals surface area contributed by atoms with E-state index in [9.17, 15) is 28.6 Å². The number of Topliss-reactive ketones (excluding diaryl/α,β-unsaturated/α-hetero) is 2. The molecule has 2 aromatic rings. The number of hydrogen-bond acceptors (Lipinski definition) is 6. The van der Waals surface area contributed by atoms with E-state index in [2.05, 4.69) is 0 Å². The fourth-order valence-corrected chi connectivity index (χ4v) is 4.07. The number of thioether (sulfide) groups is 2. The van der Waals surface area contributed by atoms with Crippen molar-refractivity contribution in [3.63, 3.8) is 0 Å². The first-order valence-electron chi connectivity index (χ1n) is 8.46. The standard InChI is InChI=1S/C20H20F2O4S2/c21-15-5-1-13(2-6-15)17(23)9-27-11-19(25)20(26)12-28-10-18(24)14-3-7-16(22)8-4-14/h1-8,19-20,25-26H,9-12H2/t19-,20+. The van der Waals surface area contributed by atoms with Gasteiger partial charge in [-0.05, 0) is 48.5 Å². The third-order valence-electron chi connectivity index (χ3n) is 3.82. The molecule has 2 rings (SSSR count). The molecule has 0 saturated heterocycles. The lowest BCUT2D eigenvalue weighted by molar-refractivity contribution is 0.0500. The van der Waals surface area contributed by atoms with Crippen LogP contribution in [-0.4, -0.2) is 57.0 Å². The van der Waals surface area contributed by atoms with E-state index in [0.717, 1.165) is 0 Å². The predicted octanol–water partition coefficient (Wildman–Crippen LogP) is 3.22. The normalized spacial score (nSPS) is 13.1. The third kappa shape index (κ3) is 7.35. The molecule has 2 N–H and O–H groups in total. The minimum atomic E-state index is -1.04. The van der Waals surface area contributed by atoms with Gasteiger partial charge in [0.2, 0.25) is 0 Å². The largest absolute Gasteiger partial charge is 0.390 e. The number of hydrogen-bond donors (Lipinski definition) is 2. The summed E-state index contributed by atoms with van der Waals surface area (Å²) in [6, 6.07) is 10.4. The zero-order valence-corrected chi connectivity index (χ0v) is 16.5. The van der Waals surface area contributed by atoms with Crippen LogP contribution in [0, 0.1) is 11.6 Å². The van der Waals surface area contributed by atoms with Gasteiger partial charge in [-0.1, -0.05) is 0 Å². The van der Waals surface area contributed by atoms with E-state index >= 15 is 0 Å². The van der Waals surface area contributed by atoms with Crippen LogP contribution in [0.3, 0.4) is 0 Å². The van der Waals surface area contributed by atoms with E-state index in [4.69, 9.17) is 0 Å². The summed E-state index contributed by atoms with van der Waals surface area (Å²) in [5.74, 6) is -0.702. The first-order valence-corrected chi connectivity index (χ1v) is 10.8. The summed E-state index contributed by atoms with van der Waals surface area (Å²) < 4.78 is 25.7. The van der Waals surface area contributed by atoms with Gasteiger partial charge in [0.05, 0.1) is 23.7 Å². The fraction of sp³-hybridized carbons (Fsp3) is 0.300. The lowest BCUT2D eigenvalue weighted by atomic mass is 10.1. The number of aliphatic hydroxyl groups is 2. The Balaban J connectivity index is 1.66. The molecule has 0 unspecified atom stereocenters. The number of carbonyl (C=O) groups excluding carboxylic acids is 2. The van der Waals surface area contributed by atoms with Gasteiger partial charge in [0, 0.05) is 22.6 Å². The molecule has 0 amide bonds. The minimum Gasteiger partial charge on any atom is -0.390 e. The Kier molecular flexibility index (Phi) is 9.11. The van der Waals surface area contributed by atoms with Crippen LogP contribution in [0.15, 0.2) is 48.5 Å². The molecule has 0 saturated carbocycles. The van der Waals surface area contributed by atoms with E-state index in [1.807, 2.05) is 0 Å². The van der Waals surface area contributed by atoms with Crippen molar-refractivity contribution in [1.82, 2.24) is 0 Å². The average Bonchev–Trinajstić information content (AvgIpc) is 2.68. The van der Waals surface area contributed by atoms with E-state index in [1.165, 1.54) is 72.1 Å². The highest BCUT2D eigenvalue weighted by Gasteiger charge is 2.18. The first kappa shape index (κ1) is 22.5. The Morgan fingerprint density at radius 3 is 1.36 bits per heavy atom. The molecule has 28 heavy (non-hydrogen) atoms. The van der Waals surface area contributed by atoms with Crippen molar-refractivity contribution in [3.05, 3.63) is 71.3 Å². The Bertz CT molecular complexity index is 714. The Morgan fingerprint density at radius 2 is 1.04 bits per heavy atom. The quantitative estimate of drug-likeness (QED) is 0.538. The van der Waals surface area contributed by atoms with Crippen molar-refractivity contribution in [3.8, 4) is 0 Å². The number of benzene rings is 2. The maximum absolute atomic E-state index is 12.8. The number of halogens is 2. The summed E-state index contributed by atoms with van der Waals surface area (Å²) in [6.45, 7) is 0. The molecule has 0 aliphatic rings. The highest BCUT2D eigenvalue weighted by molar-refractivity contribution is 8.00. The zero-order chi connectivity index (χ0) is 20.5. The highest BCUT2D eigenvalue weighted by atomic mass is 32.2. The number of aliphatic hydroxyl groups excluding tert-OH is 2. The van der Waals surface area contributed by atoms with Gasteiger partial charge in [-0.25, -0.2) is 8.78 Å². The van der Waals surface area contributed by atoms with Gasteiger partial charge in [-0.2, -0.15) is 23.5 Å². The second kappa shape index (κ2) is 11.3. The van der Waals surface area contributed by atoms with Gasteiger partial charge in [-0.15, -0.1) is 0 Å². The topological polar surface area (TPSA) is 74.6 Å². The highest BCUT2D eigenvalue weighted by Crippen LogP contribution is 2.15. The summed E-state index contributed by atoms with van der Waals surface area (Å²) in [5.41, 5.74) is 0.776. The zero-order valence-electron chi connectivity index (χ0n) is 14.9. The van der Waals surface area contributed by atoms with Crippen molar-refractivity contribution in [2.45, 2.75) is 12.2 Å². The summed E-state index contributed by atoms with van der Waals surface area (Å²) >= 11 is 2.34. The molecule has 0 heterocycles. The van der Waals surface area contributed by atoms with Crippen LogP contribution in [0.2, 0.25) is 0 Å². The molecule has 0 fully saturated rings. The summed E-state index contributed by atoms with van der Waals surface area (Å²) in [7, 11) is 0. The molecule has 2 aromatic carbocycles. The minimum absolute atomic E-state index is 0.103. The number of ketones is 2. The third-order valence-corrected chi connectivity index (χ3v) is 5.91. The lowest BCUT2D eigenvalue weighted by Crippen LogP contribution is -2.31. The van der Waals surface area contributed by atoms with Crippen molar-refractivity contribution in [2.75, 3.05) is 23.0 Å². The van der Waals surface area contributed by atoms with Gasteiger partial charge in [0.25, 0.3) is 0 Å². The average molecular weight is 427 g/mol. The van der Waals surface area contributed by atoms with Gasteiger partial charge >= 0.3 is 0 Å². The Hall–Kier alpha value is -1.74. The molecule has 0 aliphatic heterocycles. The van der Waals surface area contributed by atoms with E-state index in [1.54, 1.807) is 0 Å². The van der Waals surface area contributed by atoms with Crippen molar-refractivity contribution in [2.24, 2.45) is 0 Å². The summed E-state index contributed by atoms with van der Waals surface area (Å²) in [5, 5.41) is 20.0. The second-order valence-corrected chi connectivity index (χ2v) is 8.09. The fourth-order valence-electron chi connectivity index (χ4n) is 2.21. The summed E-state index contributed by atoms with van der Waals surface area (Å²) in [6.07, 6.45) is -2.08. The predicted molar refractivity (Wildman–Crippen MR) is 108 cm³/mol. The second-order valence-electron chi connectivity index (χ2n) is 6.03. The smallest absolute Gasteiger partial charge is 0.172 e. The summed E-state index contributed by atoms with van der Waals surface area (Å²) in [4.78, 5) is 23.9. The lowest BCUT2D eigenvalue weighted by Gasteiger charge is -2.17. The number of carbonyl (C=O) groups is 2.